The van der Waals surface area contributed by atoms with Crippen molar-refractivity contribution in [3.63, 3.8) is 0 Å². The molecule has 4 aromatic rings. The van der Waals surface area contributed by atoms with E-state index < -0.39 is 0 Å². The summed E-state index contributed by atoms with van der Waals surface area (Å²) in [5.41, 5.74) is 7.04. The monoisotopic (exact) mass is 472 g/mol. The van der Waals surface area contributed by atoms with Gasteiger partial charge in [-0.3, -0.25) is 9.69 Å². The molecule has 7 heteroatoms. The summed E-state index contributed by atoms with van der Waals surface area (Å²) in [6, 6.07) is 18.0. The maximum atomic E-state index is 13.5. The van der Waals surface area contributed by atoms with Crippen LogP contribution in [-0.4, -0.2) is 25.7 Å². The summed E-state index contributed by atoms with van der Waals surface area (Å²) in [6.45, 7) is 4.30. The first-order valence-electron chi connectivity index (χ1n) is 12.0. The Hall–Kier alpha value is -4.57. The lowest BCUT2D eigenvalue weighted by Gasteiger charge is -2.18. The van der Waals surface area contributed by atoms with Gasteiger partial charge in [0.1, 0.15) is 12.1 Å². The maximum Gasteiger partial charge on any atom is 0.260 e. The van der Waals surface area contributed by atoms with Crippen LogP contribution in [0.25, 0.3) is 22.5 Å². The topological polar surface area (TPSA) is 87.7 Å². The SMILES string of the molecule is C=CCc1ccc2c(c1)C(=O)N(c1cc(-c3ccc(C#N)cc3-c3nncn3C)cc(C3CC3)n1)C2. The van der Waals surface area contributed by atoms with Gasteiger partial charge in [0, 0.05) is 29.8 Å². The van der Waals surface area contributed by atoms with Gasteiger partial charge in [-0.1, -0.05) is 24.3 Å². The maximum absolute atomic E-state index is 13.5. The molecule has 1 aliphatic heterocycles. The first-order chi connectivity index (χ1) is 17.6. The van der Waals surface area contributed by atoms with Gasteiger partial charge in [-0.15, -0.1) is 16.8 Å². The number of nitrogens with zero attached hydrogens (tertiary/aromatic N) is 6. The van der Waals surface area contributed by atoms with Gasteiger partial charge >= 0.3 is 0 Å². The number of carbonyl (C=O) groups is 1. The normalized spacial score (nSPS) is 14.6. The molecule has 0 unspecified atom stereocenters. The molecular formula is C29H24N6O. The zero-order valence-electron chi connectivity index (χ0n) is 20.0. The van der Waals surface area contributed by atoms with Crippen LogP contribution in [0.2, 0.25) is 0 Å². The van der Waals surface area contributed by atoms with Gasteiger partial charge in [-0.05, 0) is 71.8 Å². The molecule has 176 valence electrons. The quantitative estimate of drug-likeness (QED) is 0.361. The van der Waals surface area contributed by atoms with E-state index in [0.29, 0.717) is 29.7 Å². The summed E-state index contributed by atoms with van der Waals surface area (Å²) in [6.07, 6.45) is 6.41. The molecule has 1 saturated carbocycles. The fourth-order valence-electron chi connectivity index (χ4n) is 4.82. The Balaban J connectivity index is 1.47. The number of hydrogen-bond donors (Lipinski definition) is 0. The first kappa shape index (κ1) is 21.9. The summed E-state index contributed by atoms with van der Waals surface area (Å²) in [5.74, 6) is 1.69. The van der Waals surface area contributed by atoms with Crippen LogP contribution in [0.3, 0.4) is 0 Å². The van der Waals surface area contributed by atoms with Crippen LogP contribution in [0.5, 0.6) is 0 Å². The molecule has 0 saturated heterocycles. The van der Waals surface area contributed by atoms with Crippen LogP contribution in [-0.2, 0) is 20.0 Å². The number of pyridine rings is 1. The third-order valence-electron chi connectivity index (χ3n) is 6.87. The van der Waals surface area contributed by atoms with E-state index in [2.05, 4.69) is 35.0 Å². The first-order valence-corrected chi connectivity index (χ1v) is 12.0. The minimum Gasteiger partial charge on any atom is -0.317 e. The molecular weight excluding hydrogens is 448 g/mol. The van der Waals surface area contributed by atoms with E-state index >= 15 is 0 Å². The molecule has 0 bridgehead atoms. The zero-order valence-corrected chi connectivity index (χ0v) is 20.0. The number of nitriles is 1. The molecule has 7 nitrogen and oxygen atoms in total. The largest absolute Gasteiger partial charge is 0.317 e. The molecule has 2 aromatic carbocycles. The summed E-state index contributed by atoms with van der Waals surface area (Å²) >= 11 is 0. The average Bonchev–Trinajstić information content (AvgIpc) is 3.59. The number of amides is 1. The second-order valence-corrected chi connectivity index (χ2v) is 9.43. The molecule has 1 aliphatic carbocycles. The molecule has 6 rings (SSSR count). The number of anilines is 1. The lowest BCUT2D eigenvalue weighted by atomic mass is 9.96. The summed E-state index contributed by atoms with van der Waals surface area (Å²) in [5, 5.41) is 17.9. The Labute approximate surface area is 209 Å². The Morgan fingerprint density at radius 1 is 1.11 bits per heavy atom. The smallest absolute Gasteiger partial charge is 0.260 e. The highest BCUT2D eigenvalue weighted by Gasteiger charge is 2.32. The Morgan fingerprint density at radius 2 is 1.97 bits per heavy atom. The zero-order chi connectivity index (χ0) is 24.8. The summed E-state index contributed by atoms with van der Waals surface area (Å²) in [4.78, 5) is 20.2. The van der Waals surface area contributed by atoms with E-state index in [1.54, 1.807) is 11.2 Å². The second kappa shape index (κ2) is 8.58. The van der Waals surface area contributed by atoms with Crippen molar-refractivity contribution in [3.05, 3.63) is 95.5 Å². The number of rotatable bonds is 6. The van der Waals surface area contributed by atoms with Crippen molar-refractivity contribution in [2.75, 3.05) is 4.90 Å². The number of hydrogen-bond acceptors (Lipinski definition) is 5. The van der Waals surface area contributed by atoms with Gasteiger partial charge in [0.15, 0.2) is 5.82 Å². The number of aryl methyl sites for hydroxylation is 1. The van der Waals surface area contributed by atoms with E-state index in [1.165, 1.54) is 0 Å². The molecule has 2 aliphatic rings. The van der Waals surface area contributed by atoms with Gasteiger partial charge in [-0.25, -0.2) is 4.98 Å². The van der Waals surface area contributed by atoms with Crippen LogP contribution in [0.15, 0.2) is 67.5 Å². The van der Waals surface area contributed by atoms with Crippen molar-refractivity contribution in [2.45, 2.75) is 31.7 Å². The lowest BCUT2D eigenvalue weighted by Crippen LogP contribution is -2.24. The number of benzene rings is 2. The molecule has 1 amide bonds. The van der Waals surface area contributed by atoms with Crippen molar-refractivity contribution >= 4 is 11.7 Å². The number of allylic oxidation sites excluding steroid dienone is 1. The molecule has 0 N–H and O–H groups in total. The highest BCUT2D eigenvalue weighted by molar-refractivity contribution is 6.10. The lowest BCUT2D eigenvalue weighted by molar-refractivity contribution is 0.0996. The standard InChI is InChI=1S/C29H24N6O/c1-3-4-18-5-7-21-16-35(29(36)24(21)11-18)27-14-22(13-26(32-27)20-8-9-20)23-10-6-19(15-30)12-25(23)28-33-31-17-34(28)2/h3,5-7,10-14,17,20H,1,4,8-9,16H2,2H3. The van der Waals surface area contributed by atoms with Gasteiger partial charge < -0.3 is 4.57 Å². The fourth-order valence-corrected chi connectivity index (χ4v) is 4.82. The van der Waals surface area contributed by atoms with Crippen LogP contribution in [0.4, 0.5) is 5.82 Å². The second-order valence-electron chi connectivity index (χ2n) is 9.43. The fraction of sp³-hybridized carbons (Fsp3) is 0.207. The van der Waals surface area contributed by atoms with Crippen LogP contribution in [0.1, 0.15) is 51.5 Å². The molecule has 0 atom stereocenters. The van der Waals surface area contributed by atoms with Crippen molar-refractivity contribution in [1.82, 2.24) is 19.7 Å². The van der Waals surface area contributed by atoms with Crippen LogP contribution in [0, 0.1) is 11.3 Å². The van der Waals surface area contributed by atoms with Gasteiger partial charge in [0.2, 0.25) is 0 Å². The van der Waals surface area contributed by atoms with Crippen LogP contribution >= 0.6 is 0 Å². The van der Waals surface area contributed by atoms with Gasteiger partial charge in [0.05, 0.1) is 18.2 Å². The molecule has 0 spiro atoms. The highest BCUT2D eigenvalue weighted by Crippen LogP contribution is 2.43. The molecule has 2 aromatic heterocycles. The Kier molecular flexibility index (Phi) is 5.23. The van der Waals surface area contributed by atoms with Crippen molar-refractivity contribution in [3.8, 4) is 28.6 Å². The molecule has 36 heavy (non-hydrogen) atoms. The van der Waals surface area contributed by atoms with E-state index in [9.17, 15) is 10.1 Å². The Morgan fingerprint density at radius 3 is 2.69 bits per heavy atom. The predicted octanol–water partition coefficient (Wildman–Crippen LogP) is 5.18. The Bertz CT molecular complexity index is 1570. The minimum atomic E-state index is -0.0318. The third-order valence-corrected chi connectivity index (χ3v) is 6.87. The van der Waals surface area contributed by atoms with E-state index in [4.69, 9.17) is 4.98 Å². The molecule has 1 fully saturated rings. The number of aromatic nitrogens is 4. The van der Waals surface area contributed by atoms with Crippen molar-refractivity contribution in [1.29, 1.82) is 5.26 Å². The van der Waals surface area contributed by atoms with Crippen LogP contribution < -0.4 is 4.90 Å². The summed E-state index contributed by atoms with van der Waals surface area (Å²) < 4.78 is 1.84. The van der Waals surface area contributed by atoms with E-state index in [0.717, 1.165) is 58.3 Å². The molecule has 3 heterocycles. The summed E-state index contributed by atoms with van der Waals surface area (Å²) in [7, 11) is 1.88. The van der Waals surface area contributed by atoms with Gasteiger partial charge in [0.25, 0.3) is 5.91 Å². The predicted molar refractivity (Wildman–Crippen MR) is 137 cm³/mol. The number of fused-ring (bicyclic) bond motifs is 1. The van der Waals surface area contributed by atoms with Crippen molar-refractivity contribution < 1.29 is 4.79 Å². The number of carbonyl (C=O) groups excluding carboxylic acids is 1. The minimum absolute atomic E-state index is 0.0318. The third kappa shape index (κ3) is 3.77. The van der Waals surface area contributed by atoms with E-state index in [1.807, 2.05) is 54.1 Å². The van der Waals surface area contributed by atoms with E-state index in [-0.39, 0.29) is 5.91 Å². The van der Waals surface area contributed by atoms with Gasteiger partial charge in [-0.2, -0.15) is 5.26 Å². The van der Waals surface area contributed by atoms with Crippen molar-refractivity contribution in [2.24, 2.45) is 7.05 Å². The highest BCUT2D eigenvalue weighted by atomic mass is 16.2. The average molecular weight is 473 g/mol. The molecule has 0 radical (unpaired) electrons.